The van der Waals surface area contributed by atoms with Gasteiger partial charge in [0.15, 0.2) is 0 Å². The summed E-state index contributed by atoms with van der Waals surface area (Å²) in [6.45, 7) is 0. The third kappa shape index (κ3) is 3.49. The van der Waals surface area contributed by atoms with Crippen LogP contribution in [-0.4, -0.2) is 27.2 Å². The highest BCUT2D eigenvalue weighted by Gasteiger charge is 2.21. The highest BCUT2D eigenvalue weighted by atomic mass is 32.2. The predicted molar refractivity (Wildman–Crippen MR) is 54.8 cm³/mol. The van der Waals surface area contributed by atoms with E-state index in [9.17, 15) is 13.6 Å². The largest absolute Gasteiger partial charge is 0.476 e. The van der Waals surface area contributed by atoms with Crippen molar-refractivity contribution in [3.63, 3.8) is 0 Å². The van der Waals surface area contributed by atoms with Gasteiger partial charge in [-0.05, 0) is 17.9 Å². The second kappa shape index (κ2) is 5.60. The maximum absolute atomic E-state index is 12.9. The van der Waals surface area contributed by atoms with Gasteiger partial charge < -0.3 is 5.11 Å². The summed E-state index contributed by atoms with van der Waals surface area (Å²) in [5.41, 5.74) is 0. The van der Waals surface area contributed by atoms with Crippen LogP contribution in [0.1, 0.15) is 12.8 Å². The number of carboxylic acid groups (broad SMARTS) is 1. The maximum atomic E-state index is 12.9. The normalized spacial score (nSPS) is 20.4. The molecule has 1 aliphatic heterocycles. The summed E-state index contributed by atoms with van der Waals surface area (Å²) in [6, 6.07) is 0. The standard InChI is InChI=1S/C8H10F2O2S2/c9-5(7(10)8(11)12)4-6-13-2-1-3-14-6/h6H,1-4H2,(H,11,12). The second-order valence-electron chi connectivity index (χ2n) is 2.75. The first-order chi connectivity index (χ1) is 6.61. The Morgan fingerprint density at radius 2 is 1.93 bits per heavy atom. The molecule has 0 aromatic carbocycles. The molecule has 0 atom stereocenters. The Labute approximate surface area is 89.1 Å². The number of carbonyl (C=O) groups is 1. The minimum atomic E-state index is -1.83. The number of hydrogen-bond donors (Lipinski definition) is 1. The Kier molecular flexibility index (Phi) is 4.74. The molecule has 1 fully saturated rings. The van der Waals surface area contributed by atoms with Crippen molar-refractivity contribution in [3.8, 4) is 0 Å². The molecule has 0 aliphatic carbocycles. The Morgan fingerprint density at radius 1 is 1.36 bits per heavy atom. The summed E-state index contributed by atoms with van der Waals surface area (Å²) >= 11 is 3.10. The molecular formula is C8H10F2O2S2. The lowest BCUT2D eigenvalue weighted by atomic mass is 10.3. The first kappa shape index (κ1) is 11.8. The van der Waals surface area contributed by atoms with E-state index in [2.05, 4.69) is 0 Å². The van der Waals surface area contributed by atoms with E-state index in [1.54, 1.807) is 23.5 Å². The summed E-state index contributed by atoms with van der Waals surface area (Å²) in [6.07, 6.45) is 0.937. The highest BCUT2D eigenvalue weighted by molar-refractivity contribution is 8.17. The van der Waals surface area contributed by atoms with Crippen LogP contribution in [-0.2, 0) is 4.79 Å². The van der Waals surface area contributed by atoms with Crippen LogP contribution in [0.4, 0.5) is 8.78 Å². The van der Waals surface area contributed by atoms with Crippen LogP contribution in [0.15, 0.2) is 11.7 Å². The van der Waals surface area contributed by atoms with Gasteiger partial charge in [0.2, 0.25) is 5.83 Å². The predicted octanol–water partition coefficient (Wildman–Crippen LogP) is 2.81. The average molecular weight is 240 g/mol. The SMILES string of the molecule is O=C(O)C(F)=C(F)CC1SCCCS1. The van der Waals surface area contributed by atoms with Crippen molar-refractivity contribution in [2.45, 2.75) is 17.4 Å². The van der Waals surface area contributed by atoms with Crippen molar-refractivity contribution in [2.24, 2.45) is 0 Å². The van der Waals surface area contributed by atoms with E-state index in [1.807, 2.05) is 0 Å². The first-order valence-electron chi connectivity index (χ1n) is 4.12. The van der Waals surface area contributed by atoms with Gasteiger partial charge in [-0.1, -0.05) is 0 Å². The van der Waals surface area contributed by atoms with Crippen molar-refractivity contribution in [1.82, 2.24) is 0 Å². The lowest BCUT2D eigenvalue weighted by Gasteiger charge is -2.19. The van der Waals surface area contributed by atoms with Crippen molar-refractivity contribution in [2.75, 3.05) is 11.5 Å². The van der Waals surface area contributed by atoms with Crippen molar-refractivity contribution in [1.29, 1.82) is 0 Å². The molecule has 0 saturated carbocycles. The lowest BCUT2D eigenvalue weighted by molar-refractivity contribution is -0.134. The topological polar surface area (TPSA) is 37.3 Å². The van der Waals surface area contributed by atoms with Gasteiger partial charge in [-0.3, -0.25) is 0 Å². The molecule has 1 N–H and O–H groups in total. The fraction of sp³-hybridized carbons (Fsp3) is 0.625. The van der Waals surface area contributed by atoms with Crippen LogP contribution in [0, 0.1) is 0 Å². The van der Waals surface area contributed by atoms with Gasteiger partial charge in [0.05, 0.1) is 4.58 Å². The van der Waals surface area contributed by atoms with Gasteiger partial charge in [0, 0.05) is 6.42 Å². The molecule has 1 saturated heterocycles. The van der Waals surface area contributed by atoms with Gasteiger partial charge in [-0.15, -0.1) is 23.5 Å². The Morgan fingerprint density at radius 3 is 2.43 bits per heavy atom. The van der Waals surface area contributed by atoms with E-state index < -0.39 is 17.6 Å². The number of thioether (sulfide) groups is 2. The Hall–Kier alpha value is -0.230. The van der Waals surface area contributed by atoms with E-state index in [4.69, 9.17) is 5.11 Å². The molecule has 14 heavy (non-hydrogen) atoms. The molecule has 0 unspecified atom stereocenters. The molecule has 1 rings (SSSR count). The van der Waals surface area contributed by atoms with Crippen LogP contribution in [0.5, 0.6) is 0 Å². The molecule has 2 nitrogen and oxygen atoms in total. The Balaban J connectivity index is 2.49. The quantitative estimate of drug-likeness (QED) is 0.770. The smallest absolute Gasteiger partial charge is 0.367 e. The van der Waals surface area contributed by atoms with Gasteiger partial charge in [0.1, 0.15) is 5.83 Å². The molecule has 0 bridgehead atoms. The number of aliphatic carboxylic acids is 1. The van der Waals surface area contributed by atoms with Gasteiger partial charge >= 0.3 is 5.97 Å². The molecule has 0 spiro atoms. The zero-order valence-electron chi connectivity index (χ0n) is 7.33. The maximum Gasteiger partial charge on any atom is 0.367 e. The fourth-order valence-electron chi connectivity index (χ4n) is 1.01. The fourth-order valence-corrected chi connectivity index (χ4v) is 3.83. The zero-order chi connectivity index (χ0) is 10.6. The zero-order valence-corrected chi connectivity index (χ0v) is 8.97. The number of rotatable bonds is 3. The van der Waals surface area contributed by atoms with Crippen LogP contribution in [0.25, 0.3) is 0 Å². The molecule has 1 heterocycles. The van der Waals surface area contributed by atoms with Crippen molar-refractivity contribution < 1.29 is 18.7 Å². The van der Waals surface area contributed by atoms with Gasteiger partial charge in [-0.25, -0.2) is 9.18 Å². The van der Waals surface area contributed by atoms with Crippen LogP contribution < -0.4 is 0 Å². The monoisotopic (exact) mass is 240 g/mol. The van der Waals surface area contributed by atoms with E-state index in [-0.39, 0.29) is 11.0 Å². The van der Waals surface area contributed by atoms with Crippen molar-refractivity contribution in [3.05, 3.63) is 11.7 Å². The molecule has 0 radical (unpaired) electrons. The molecule has 6 heteroatoms. The third-order valence-corrected chi connectivity index (χ3v) is 4.61. The number of allylic oxidation sites excluding steroid dienone is 1. The molecule has 1 aliphatic rings. The molecule has 0 aromatic heterocycles. The molecular weight excluding hydrogens is 230 g/mol. The van der Waals surface area contributed by atoms with Crippen LogP contribution in [0.3, 0.4) is 0 Å². The summed E-state index contributed by atoms with van der Waals surface area (Å²) in [5.74, 6) is -2.77. The van der Waals surface area contributed by atoms with E-state index in [0.717, 1.165) is 17.9 Å². The molecule has 0 amide bonds. The highest BCUT2D eigenvalue weighted by Crippen LogP contribution is 2.35. The van der Waals surface area contributed by atoms with Crippen LogP contribution in [0.2, 0.25) is 0 Å². The van der Waals surface area contributed by atoms with Crippen molar-refractivity contribution >= 4 is 29.5 Å². The molecule has 0 aromatic rings. The van der Waals surface area contributed by atoms with E-state index >= 15 is 0 Å². The average Bonchev–Trinajstić information content (AvgIpc) is 2.18. The minimum Gasteiger partial charge on any atom is -0.476 e. The lowest BCUT2D eigenvalue weighted by Crippen LogP contribution is -2.08. The minimum absolute atomic E-state index is 0.0474. The number of carboxylic acids is 1. The van der Waals surface area contributed by atoms with Crippen LogP contribution >= 0.6 is 23.5 Å². The summed E-state index contributed by atoms with van der Waals surface area (Å²) in [7, 11) is 0. The van der Waals surface area contributed by atoms with Gasteiger partial charge in [0.25, 0.3) is 0 Å². The van der Waals surface area contributed by atoms with Gasteiger partial charge in [-0.2, -0.15) is 4.39 Å². The molecule has 80 valence electrons. The first-order valence-corrected chi connectivity index (χ1v) is 6.21. The van der Waals surface area contributed by atoms with E-state index in [0.29, 0.717) is 0 Å². The number of halogens is 2. The number of hydrogen-bond acceptors (Lipinski definition) is 3. The van der Waals surface area contributed by atoms with E-state index in [1.165, 1.54) is 0 Å². The summed E-state index contributed by atoms with van der Waals surface area (Å²) in [4.78, 5) is 10.1. The third-order valence-electron chi connectivity index (χ3n) is 1.67. The summed E-state index contributed by atoms with van der Waals surface area (Å²) in [5, 5.41) is 8.20. The summed E-state index contributed by atoms with van der Waals surface area (Å²) < 4.78 is 25.4. The second-order valence-corrected chi connectivity index (χ2v) is 5.67. The Bertz CT molecular complexity index is 250.